The third-order valence-corrected chi connectivity index (χ3v) is 3.01. The Bertz CT molecular complexity index is 554. The van der Waals surface area contributed by atoms with Crippen LogP contribution in [0.2, 0.25) is 0 Å². The molecule has 2 rings (SSSR count). The summed E-state index contributed by atoms with van der Waals surface area (Å²) in [5.74, 6) is 2.08. The second-order valence-corrected chi connectivity index (χ2v) is 4.58. The molecule has 1 aromatic heterocycles. The first-order chi connectivity index (χ1) is 9.06. The van der Waals surface area contributed by atoms with Gasteiger partial charge in [0.25, 0.3) is 0 Å². The van der Waals surface area contributed by atoms with E-state index in [0.717, 1.165) is 11.3 Å². The fourth-order valence-electron chi connectivity index (χ4n) is 1.95. The lowest BCUT2D eigenvalue weighted by atomic mass is 10.1. The summed E-state index contributed by atoms with van der Waals surface area (Å²) in [6, 6.07) is 5.88. The van der Waals surface area contributed by atoms with Gasteiger partial charge in [0.2, 0.25) is 0 Å². The van der Waals surface area contributed by atoms with E-state index in [2.05, 4.69) is 18.8 Å². The molecule has 0 aliphatic carbocycles. The molecule has 0 unspecified atom stereocenters. The van der Waals surface area contributed by atoms with Gasteiger partial charge in [0, 0.05) is 17.7 Å². The molecule has 0 saturated carbocycles. The number of hydrogen-bond acceptors (Lipinski definition) is 4. The van der Waals surface area contributed by atoms with E-state index in [-0.39, 0.29) is 6.04 Å². The lowest BCUT2D eigenvalue weighted by Crippen LogP contribution is -2.04. The summed E-state index contributed by atoms with van der Waals surface area (Å²) in [4.78, 5) is 4.38. The van der Waals surface area contributed by atoms with Gasteiger partial charge in [-0.2, -0.15) is 0 Å². The first-order valence-corrected chi connectivity index (χ1v) is 6.12. The van der Waals surface area contributed by atoms with E-state index in [1.165, 1.54) is 0 Å². The van der Waals surface area contributed by atoms with Crippen LogP contribution in [0.15, 0.2) is 24.5 Å². The topological polar surface area (TPSA) is 62.3 Å². The number of anilines is 1. The smallest absolute Gasteiger partial charge is 0.131 e. The number of methoxy groups -OCH3 is 2. The highest BCUT2D eigenvalue weighted by molar-refractivity contribution is 5.73. The third kappa shape index (κ3) is 2.50. The molecule has 0 radical (unpaired) electrons. The Labute approximate surface area is 113 Å². The van der Waals surface area contributed by atoms with Crippen LogP contribution in [0.1, 0.15) is 19.9 Å². The van der Waals surface area contributed by atoms with Crippen LogP contribution >= 0.6 is 0 Å². The highest BCUT2D eigenvalue weighted by Gasteiger charge is 2.13. The lowest BCUT2D eigenvalue weighted by Gasteiger charge is -2.10. The Balaban J connectivity index is 2.52. The minimum atomic E-state index is 0.272. The average molecular weight is 261 g/mol. The van der Waals surface area contributed by atoms with Gasteiger partial charge >= 0.3 is 0 Å². The van der Waals surface area contributed by atoms with Crippen LogP contribution in [-0.2, 0) is 0 Å². The zero-order valence-corrected chi connectivity index (χ0v) is 11.7. The summed E-state index contributed by atoms with van der Waals surface area (Å²) < 4.78 is 12.4. The van der Waals surface area contributed by atoms with Gasteiger partial charge in [-0.1, -0.05) is 0 Å². The number of imidazole rings is 1. The quantitative estimate of drug-likeness (QED) is 0.919. The van der Waals surface area contributed by atoms with Crippen LogP contribution in [0.4, 0.5) is 5.82 Å². The summed E-state index contributed by atoms with van der Waals surface area (Å²) in [6.07, 6.45) is 1.75. The van der Waals surface area contributed by atoms with Gasteiger partial charge in [0.15, 0.2) is 0 Å². The SMILES string of the molecule is COc1cc(OC)cc(-c2ncn(C(C)C)c2N)c1. The van der Waals surface area contributed by atoms with E-state index in [9.17, 15) is 0 Å². The van der Waals surface area contributed by atoms with Crippen molar-refractivity contribution in [3.05, 3.63) is 24.5 Å². The van der Waals surface area contributed by atoms with Crippen LogP contribution in [0.25, 0.3) is 11.3 Å². The number of aromatic nitrogens is 2. The Kier molecular flexibility index (Phi) is 3.64. The molecule has 0 aliphatic heterocycles. The van der Waals surface area contributed by atoms with Gasteiger partial charge in [0.1, 0.15) is 23.0 Å². The molecule has 1 aromatic carbocycles. The first kappa shape index (κ1) is 13.3. The number of nitrogens with two attached hydrogens (primary N) is 1. The van der Waals surface area contributed by atoms with Gasteiger partial charge in [-0.15, -0.1) is 0 Å². The highest BCUT2D eigenvalue weighted by atomic mass is 16.5. The maximum atomic E-state index is 6.14. The van der Waals surface area contributed by atoms with Crippen LogP contribution in [0.3, 0.4) is 0 Å². The van der Waals surface area contributed by atoms with Crippen molar-refractivity contribution in [1.82, 2.24) is 9.55 Å². The summed E-state index contributed by atoms with van der Waals surface area (Å²) in [7, 11) is 3.24. The minimum absolute atomic E-state index is 0.272. The Morgan fingerprint density at radius 3 is 2.11 bits per heavy atom. The molecule has 0 bridgehead atoms. The van der Waals surface area contributed by atoms with Crippen molar-refractivity contribution in [3.8, 4) is 22.8 Å². The van der Waals surface area contributed by atoms with E-state index in [0.29, 0.717) is 17.3 Å². The molecule has 102 valence electrons. The molecule has 5 heteroatoms. The highest BCUT2D eigenvalue weighted by Crippen LogP contribution is 2.32. The number of benzene rings is 1. The van der Waals surface area contributed by atoms with Crippen LogP contribution in [0.5, 0.6) is 11.5 Å². The molecule has 0 aliphatic rings. The van der Waals surface area contributed by atoms with Gasteiger partial charge in [-0.25, -0.2) is 4.98 Å². The van der Waals surface area contributed by atoms with Gasteiger partial charge in [-0.3, -0.25) is 0 Å². The lowest BCUT2D eigenvalue weighted by molar-refractivity contribution is 0.394. The van der Waals surface area contributed by atoms with Crippen molar-refractivity contribution in [2.75, 3.05) is 20.0 Å². The van der Waals surface area contributed by atoms with Gasteiger partial charge in [0.05, 0.1) is 20.5 Å². The number of nitrogen functional groups attached to an aromatic ring is 1. The van der Waals surface area contributed by atoms with E-state index in [1.54, 1.807) is 20.5 Å². The molecule has 0 amide bonds. The largest absolute Gasteiger partial charge is 0.497 e. The summed E-state index contributed by atoms with van der Waals surface area (Å²) >= 11 is 0. The molecule has 0 spiro atoms. The third-order valence-electron chi connectivity index (χ3n) is 3.01. The number of hydrogen-bond donors (Lipinski definition) is 1. The summed E-state index contributed by atoms with van der Waals surface area (Å²) in [6.45, 7) is 4.13. The number of nitrogens with zero attached hydrogens (tertiary/aromatic N) is 2. The van der Waals surface area contributed by atoms with Crippen molar-refractivity contribution >= 4 is 5.82 Å². The first-order valence-electron chi connectivity index (χ1n) is 6.12. The van der Waals surface area contributed by atoms with E-state index in [1.807, 2.05) is 22.8 Å². The summed E-state index contributed by atoms with van der Waals surface area (Å²) in [5.41, 5.74) is 7.76. The zero-order valence-electron chi connectivity index (χ0n) is 11.7. The number of rotatable bonds is 4. The molecule has 0 fully saturated rings. The monoisotopic (exact) mass is 261 g/mol. The fraction of sp³-hybridized carbons (Fsp3) is 0.357. The van der Waals surface area contributed by atoms with Crippen molar-refractivity contribution in [3.63, 3.8) is 0 Å². The standard InChI is InChI=1S/C14H19N3O2/c1-9(2)17-8-16-13(14(17)15)10-5-11(18-3)7-12(6-10)19-4/h5-9H,15H2,1-4H3. The van der Waals surface area contributed by atoms with Crippen molar-refractivity contribution in [1.29, 1.82) is 0 Å². The predicted octanol–water partition coefficient (Wildman–Crippen LogP) is 2.73. The Morgan fingerprint density at radius 1 is 1.11 bits per heavy atom. The normalized spacial score (nSPS) is 10.8. The Morgan fingerprint density at radius 2 is 1.68 bits per heavy atom. The molecule has 0 atom stereocenters. The molecule has 2 aromatic rings. The Hall–Kier alpha value is -2.17. The average Bonchev–Trinajstić information content (AvgIpc) is 2.80. The second kappa shape index (κ2) is 5.22. The van der Waals surface area contributed by atoms with E-state index >= 15 is 0 Å². The molecule has 0 saturated heterocycles. The van der Waals surface area contributed by atoms with Crippen LogP contribution in [-0.4, -0.2) is 23.8 Å². The van der Waals surface area contributed by atoms with E-state index < -0.39 is 0 Å². The molecule has 19 heavy (non-hydrogen) atoms. The fourth-order valence-corrected chi connectivity index (χ4v) is 1.95. The molecule has 1 heterocycles. The summed E-state index contributed by atoms with van der Waals surface area (Å²) in [5, 5.41) is 0. The van der Waals surface area contributed by atoms with Crippen LogP contribution in [0, 0.1) is 0 Å². The minimum Gasteiger partial charge on any atom is -0.497 e. The number of ether oxygens (including phenoxy) is 2. The zero-order chi connectivity index (χ0) is 14.0. The van der Waals surface area contributed by atoms with Crippen molar-refractivity contribution < 1.29 is 9.47 Å². The van der Waals surface area contributed by atoms with Gasteiger partial charge < -0.3 is 19.8 Å². The maximum absolute atomic E-state index is 6.14. The van der Waals surface area contributed by atoms with Gasteiger partial charge in [-0.05, 0) is 26.0 Å². The van der Waals surface area contributed by atoms with Crippen molar-refractivity contribution in [2.45, 2.75) is 19.9 Å². The van der Waals surface area contributed by atoms with Crippen molar-refractivity contribution in [2.24, 2.45) is 0 Å². The predicted molar refractivity (Wildman–Crippen MR) is 75.6 cm³/mol. The molecule has 2 N–H and O–H groups in total. The molecular weight excluding hydrogens is 242 g/mol. The molecular formula is C14H19N3O2. The van der Waals surface area contributed by atoms with E-state index in [4.69, 9.17) is 15.2 Å². The maximum Gasteiger partial charge on any atom is 0.131 e. The molecule has 5 nitrogen and oxygen atoms in total. The second-order valence-electron chi connectivity index (χ2n) is 4.58. The van der Waals surface area contributed by atoms with Crippen LogP contribution < -0.4 is 15.2 Å².